The molecule has 0 aliphatic carbocycles. The highest BCUT2D eigenvalue weighted by Crippen LogP contribution is 2.33. The molecule has 0 radical (unpaired) electrons. The zero-order valence-corrected chi connectivity index (χ0v) is 16.5. The van der Waals surface area contributed by atoms with Crippen molar-refractivity contribution >= 4 is 35.0 Å². The Morgan fingerprint density at radius 3 is 2.63 bits per heavy atom. The Labute approximate surface area is 164 Å². The predicted octanol–water partition coefficient (Wildman–Crippen LogP) is 4.33. The Kier molecular flexibility index (Phi) is 6.40. The summed E-state index contributed by atoms with van der Waals surface area (Å²) in [4.78, 5) is 26.6. The first kappa shape index (κ1) is 19.3. The first-order valence-electron chi connectivity index (χ1n) is 9.00. The van der Waals surface area contributed by atoms with Crippen LogP contribution in [-0.4, -0.2) is 31.7 Å². The SMILES string of the molecule is COc1ccc(NC(=O)c2ccc(CSC)cc2)cc1N1CCCCC1=O. The molecule has 1 heterocycles. The highest BCUT2D eigenvalue weighted by Gasteiger charge is 2.23. The maximum atomic E-state index is 12.6. The molecule has 1 fully saturated rings. The molecule has 1 saturated heterocycles. The van der Waals surface area contributed by atoms with E-state index in [0.717, 1.165) is 18.6 Å². The first-order chi connectivity index (χ1) is 13.1. The van der Waals surface area contributed by atoms with Crippen molar-refractivity contribution in [1.82, 2.24) is 0 Å². The number of carbonyl (C=O) groups is 2. The molecule has 2 aromatic rings. The summed E-state index contributed by atoms with van der Waals surface area (Å²) in [5, 5.41) is 2.92. The lowest BCUT2D eigenvalue weighted by atomic mass is 10.1. The average molecular weight is 385 g/mol. The number of methoxy groups -OCH3 is 1. The van der Waals surface area contributed by atoms with Crippen molar-refractivity contribution < 1.29 is 14.3 Å². The second kappa shape index (κ2) is 8.95. The summed E-state index contributed by atoms with van der Waals surface area (Å²) in [5.41, 5.74) is 3.14. The van der Waals surface area contributed by atoms with Gasteiger partial charge in [-0.05, 0) is 55.0 Å². The minimum atomic E-state index is -0.174. The molecule has 27 heavy (non-hydrogen) atoms. The fourth-order valence-corrected chi connectivity index (χ4v) is 3.69. The van der Waals surface area contributed by atoms with E-state index in [1.54, 1.807) is 35.9 Å². The summed E-state index contributed by atoms with van der Waals surface area (Å²) in [6, 6.07) is 13.0. The van der Waals surface area contributed by atoms with Gasteiger partial charge in [0.15, 0.2) is 0 Å². The van der Waals surface area contributed by atoms with Crippen LogP contribution in [0.15, 0.2) is 42.5 Å². The van der Waals surface area contributed by atoms with Gasteiger partial charge < -0.3 is 15.0 Å². The van der Waals surface area contributed by atoms with Gasteiger partial charge in [0.1, 0.15) is 5.75 Å². The Morgan fingerprint density at radius 2 is 1.96 bits per heavy atom. The maximum Gasteiger partial charge on any atom is 0.255 e. The zero-order valence-electron chi connectivity index (χ0n) is 15.7. The quantitative estimate of drug-likeness (QED) is 0.805. The molecular weight excluding hydrogens is 360 g/mol. The number of thioether (sulfide) groups is 1. The third-order valence-corrected chi connectivity index (χ3v) is 5.20. The molecule has 6 heteroatoms. The summed E-state index contributed by atoms with van der Waals surface area (Å²) >= 11 is 1.75. The van der Waals surface area contributed by atoms with E-state index in [4.69, 9.17) is 4.74 Å². The molecule has 3 rings (SSSR count). The lowest BCUT2D eigenvalue weighted by Crippen LogP contribution is -2.35. The van der Waals surface area contributed by atoms with Crippen molar-refractivity contribution in [2.75, 3.05) is 30.1 Å². The van der Waals surface area contributed by atoms with Gasteiger partial charge in [0, 0.05) is 30.0 Å². The van der Waals surface area contributed by atoms with Gasteiger partial charge >= 0.3 is 0 Å². The summed E-state index contributed by atoms with van der Waals surface area (Å²) in [6.07, 6.45) is 4.48. The highest BCUT2D eigenvalue weighted by atomic mass is 32.2. The zero-order chi connectivity index (χ0) is 19.2. The van der Waals surface area contributed by atoms with Gasteiger partial charge in [-0.15, -0.1) is 0 Å². The summed E-state index contributed by atoms with van der Waals surface area (Å²) in [7, 11) is 1.58. The van der Waals surface area contributed by atoms with Gasteiger partial charge in [-0.2, -0.15) is 11.8 Å². The van der Waals surface area contributed by atoms with Crippen LogP contribution in [0.5, 0.6) is 5.75 Å². The molecule has 0 atom stereocenters. The van der Waals surface area contributed by atoms with E-state index in [1.165, 1.54) is 5.56 Å². The number of amides is 2. The van der Waals surface area contributed by atoms with Crippen molar-refractivity contribution in [3.63, 3.8) is 0 Å². The second-order valence-electron chi connectivity index (χ2n) is 6.47. The number of benzene rings is 2. The third kappa shape index (κ3) is 4.63. The van der Waals surface area contributed by atoms with Crippen molar-refractivity contribution in [2.45, 2.75) is 25.0 Å². The van der Waals surface area contributed by atoms with Crippen LogP contribution in [0, 0.1) is 0 Å². The number of nitrogens with one attached hydrogen (secondary N) is 1. The van der Waals surface area contributed by atoms with Crippen molar-refractivity contribution in [2.24, 2.45) is 0 Å². The van der Waals surface area contributed by atoms with Gasteiger partial charge in [-0.1, -0.05) is 12.1 Å². The van der Waals surface area contributed by atoms with Crippen LogP contribution in [0.3, 0.4) is 0 Å². The molecule has 1 aliphatic heterocycles. The number of hydrogen-bond acceptors (Lipinski definition) is 4. The second-order valence-corrected chi connectivity index (χ2v) is 7.34. The molecule has 5 nitrogen and oxygen atoms in total. The van der Waals surface area contributed by atoms with Gasteiger partial charge in [-0.3, -0.25) is 9.59 Å². The van der Waals surface area contributed by atoms with E-state index in [2.05, 4.69) is 11.6 Å². The standard InChI is InChI=1S/C21H24N2O3S/c1-26-19-11-10-17(13-18(19)23-12-4-3-5-20(23)24)22-21(25)16-8-6-15(7-9-16)14-27-2/h6-11,13H,3-5,12,14H2,1-2H3,(H,22,25). The lowest BCUT2D eigenvalue weighted by molar-refractivity contribution is -0.119. The van der Waals surface area contributed by atoms with Crippen LogP contribution in [0.1, 0.15) is 35.2 Å². The molecular formula is C21H24N2O3S. The average Bonchev–Trinajstić information content (AvgIpc) is 2.69. The Bertz CT molecular complexity index is 821. The van der Waals surface area contributed by atoms with Crippen molar-refractivity contribution in [3.05, 3.63) is 53.6 Å². The smallest absolute Gasteiger partial charge is 0.255 e. The number of nitrogens with zero attached hydrogens (tertiary/aromatic N) is 1. The Balaban J connectivity index is 1.79. The number of rotatable bonds is 6. The summed E-state index contributed by atoms with van der Waals surface area (Å²) in [6.45, 7) is 0.670. The van der Waals surface area contributed by atoms with E-state index in [-0.39, 0.29) is 11.8 Å². The van der Waals surface area contributed by atoms with Crippen LogP contribution in [0.25, 0.3) is 0 Å². The summed E-state index contributed by atoms with van der Waals surface area (Å²) < 4.78 is 5.42. The van der Waals surface area contributed by atoms with E-state index in [9.17, 15) is 9.59 Å². The topological polar surface area (TPSA) is 58.6 Å². The Hall–Kier alpha value is -2.47. The van der Waals surface area contributed by atoms with E-state index in [0.29, 0.717) is 35.7 Å². The Morgan fingerprint density at radius 1 is 1.19 bits per heavy atom. The maximum absolute atomic E-state index is 12.6. The minimum Gasteiger partial charge on any atom is -0.495 e. The van der Waals surface area contributed by atoms with Crippen LogP contribution in [0.4, 0.5) is 11.4 Å². The van der Waals surface area contributed by atoms with E-state index >= 15 is 0 Å². The lowest BCUT2D eigenvalue weighted by Gasteiger charge is -2.28. The molecule has 2 amide bonds. The monoisotopic (exact) mass is 384 g/mol. The normalized spacial score (nSPS) is 14.1. The fourth-order valence-electron chi connectivity index (χ4n) is 3.16. The van der Waals surface area contributed by atoms with Crippen LogP contribution < -0.4 is 15.0 Å². The third-order valence-electron chi connectivity index (χ3n) is 4.58. The number of anilines is 2. The summed E-state index contributed by atoms with van der Waals surface area (Å²) in [5.74, 6) is 1.47. The molecule has 2 aromatic carbocycles. The van der Waals surface area contributed by atoms with Crippen LogP contribution >= 0.6 is 11.8 Å². The predicted molar refractivity (Wildman–Crippen MR) is 111 cm³/mol. The molecule has 0 aromatic heterocycles. The van der Waals surface area contributed by atoms with Crippen LogP contribution in [0.2, 0.25) is 0 Å². The van der Waals surface area contributed by atoms with Gasteiger partial charge in [0.05, 0.1) is 12.8 Å². The number of piperidine rings is 1. The van der Waals surface area contributed by atoms with Crippen molar-refractivity contribution in [3.8, 4) is 5.75 Å². The van der Waals surface area contributed by atoms with Crippen LogP contribution in [-0.2, 0) is 10.5 Å². The van der Waals surface area contributed by atoms with E-state index in [1.807, 2.05) is 30.3 Å². The molecule has 142 valence electrons. The fraction of sp³-hybridized carbons (Fsp3) is 0.333. The molecule has 0 bridgehead atoms. The molecule has 0 unspecified atom stereocenters. The minimum absolute atomic E-state index is 0.0902. The number of ether oxygens (including phenoxy) is 1. The molecule has 1 aliphatic rings. The number of hydrogen-bond donors (Lipinski definition) is 1. The molecule has 1 N–H and O–H groups in total. The first-order valence-corrected chi connectivity index (χ1v) is 10.4. The van der Waals surface area contributed by atoms with Gasteiger partial charge in [0.2, 0.25) is 5.91 Å². The van der Waals surface area contributed by atoms with Gasteiger partial charge in [-0.25, -0.2) is 0 Å². The molecule has 0 spiro atoms. The van der Waals surface area contributed by atoms with Gasteiger partial charge in [0.25, 0.3) is 5.91 Å². The largest absolute Gasteiger partial charge is 0.495 e. The molecule has 0 saturated carbocycles. The highest BCUT2D eigenvalue weighted by molar-refractivity contribution is 7.97. The number of carbonyl (C=O) groups excluding carboxylic acids is 2. The van der Waals surface area contributed by atoms with Crippen molar-refractivity contribution in [1.29, 1.82) is 0 Å². The van der Waals surface area contributed by atoms with E-state index < -0.39 is 0 Å².